The molecule has 0 bridgehead atoms. The van der Waals surface area contributed by atoms with Crippen LogP contribution in [0.25, 0.3) is 0 Å². The van der Waals surface area contributed by atoms with Crippen molar-refractivity contribution in [1.82, 2.24) is 9.97 Å². The van der Waals surface area contributed by atoms with Crippen LogP contribution in [-0.4, -0.2) is 29.7 Å². The number of halogens is 1. The third kappa shape index (κ3) is 3.79. The van der Waals surface area contributed by atoms with Crippen molar-refractivity contribution < 1.29 is 18.7 Å². The van der Waals surface area contributed by atoms with Crippen LogP contribution in [-0.2, 0) is 11.3 Å². The van der Waals surface area contributed by atoms with Crippen molar-refractivity contribution in [1.29, 1.82) is 0 Å². The summed E-state index contributed by atoms with van der Waals surface area (Å²) in [6.07, 6.45) is 0. The van der Waals surface area contributed by atoms with Crippen molar-refractivity contribution in [2.24, 2.45) is 0 Å². The zero-order valence-corrected chi connectivity index (χ0v) is 14.1. The van der Waals surface area contributed by atoms with E-state index in [1.165, 1.54) is 7.11 Å². The van der Waals surface area contributed by atoms with Crippen LogP contribution in [0.5, 0.6) is 5.75 Å². The predicted octanol–water partition coefficient (Wildman–Crippen LogP) is 3.03. The van der Waals surface area contributed by atoms with Gasteiger partial charge in [0.05, 0.1) is 25.1 Å². The van der Waals surface area contributed by atoms with Crippen LogP contribution >= 0.6 is 0 Å². The molecule has 0 spiro atoms. The lowest BCUT2D eigenvalue weighted by molar-refractivity contribution is 0.0523. The Morgan fingerprint density at radius 1 is 1.25 bits per heavy atom. The van der Waals surface area contributed by atoms with Crippen LogP contribution in [0.3, 0.4) is 0 Å². The van der Waals surface area contributed by atoms with Gasteiger partial charge in [0.2, 0.25) is 5.95 Å². The Labute approximate surface area is 140 Å². The molecule has 0 saturated heterocycles. The highest BCUT2D eigenvalue weighted by Crippen LogP contribution is 2.21. The lowest BCUT2D eigenvalue weighted by Crippen LogP contribution is -2.14. The normalized spacial score (nSPS) is 10.4. The maximum absolute atomic E-state index is 14.1. The summed E-state index contributed by atoms with van der Waals surface area (Å²) in [4.78, 5) is 20.4. The van der Waals surface area contributed by atoms with Gasteiger partial charge < -0.3 is 14.8 Å². The SMILES string of the molecule is CCOC(=O)c1c(C)nc(NCc2cccc(OC)c2F)nc1C. The zero-order chi connectivity index (χ0) is 17.7. The van der Waals surface area contributed by atoms with Gasteiger partial charge in [-0.2, -0.15) is 0 Å². The average molecular weight is 333 g/mol. The summed E-state index contributed by atoms with van der Waals surface area (Å²) in [5.74, 6) is -0.373. The first kappa shape index (κ1) is 17.7. The summed E-state index contributed by atoms with van der Waals surface area (Å²) in [7, 11) is 1.42. The average Bonchev–Trinajstić information content (AvgIpc) is 2.53. The maximum atomic E-state index is 14.1. The van der Waals surface area contributed by atoms with E-state index < -0.39 is 11.8 Å². The van der Waals surface area contributed by atoms with E-state index in [0.29, 0.717) is 28.5 Å². The predicted molar refractivity (Wildman–Crippen MR) is 87.7 cm³/mol. The van der Waals surface area contributed by atoms with E-state index in [1.54, 1.807) is 39.0 Å². The van der Waals surface area contributed by atoms with Gasteiger partial charge in [-0.1, -0.05) is 12.1 Å². The molecule has 0 fully saturated rings. The van der Waals surface area contributed by atoms with Crippen LogP contribution in [0.2, 0.25) is 0 Å². The second-order valence-corrected chi connectivity index (χ2v) is 5.10. The van der Waals surface area contributed by atoms with Gasteiger partial charge in [-0.05, 0) is 26.8 Å². The minimum Gasteiger partial charge on any atom is -0.494 e. The second kappa shape index (κ2) is 7.72. The van der Waals surface area contributed by atoms with E-state index in [1.807, 2.05) is 0 Å². The number of carbonyl (C=O) groups is 1. The quantitative estimate of drug-likeness (QED) is 0.819. The molecular weight excluding hydrogens is 313 g/mol. The fraction of sp³-hybridized carbons (Fsp3) is 0.353. The van der Waals surface area contributed by atoms with E-state index in [-0.39, 0.29) is 18.9 Å². The fourth-order valence-electron chi connectivity index (χ4n) is 2.32. The largest absolute Gasteiger partial charge is 0.494 e. The second-order valence-electron chi connectivity index (χ2n) is 5.10. The highest BCUT2D eigenvalue weighted by atomic mass is 19.1. The number of esters is 1. The van der Waals surface area contributed by atoms with Gasteiger partial charge in [0.15, 0.2) is 11.6 Å². The molecule has 0 aliphatic rings. The number of benzene rings is 1. The van der Waals surface area contributed by atoms with Crippen LogP contribution in [0.1, 0.15) is 34.2 Å². The van der Waals surface area contributed by atoms with Gasteiger partial charge in [0, 0.05) is 12.1 Å². The molecule has 1 N–H and O–H groups in total. The molecule has 0 saturated carbocycles. The molecule has 128 valence electrons. The van der Waals surface area contributed by atoms with Crippen LogP contribution in [0.15, 0.2) is 18.2 Å². The van der Waals surface area contributed by atoms with Gasteiger partial charge in [-0.25, -0.2) is 19.2 Å². The van der Waals surface area contributed by atoms with Gasteiger partial charge in [-0.15, -0.1) is 0 Å². The zero-order valence-electron chi connectivity index (χ0n) is 14.1. The molecule has 1 aromatic heterocycles. The van der Waals surface area contributed by atoms with Crippen molar-refractivity contribution in [2.75, 3.05) is 19.0 Å². The first-order valence-corrected chi connectivity index (χ1v) is 7.55. The first-order chi connectivity index (χ1) is 11.5. The molecule has 0 amide bonds. The lowest BCUT2D eigenvalue weighted by atomic mass is 10.2. The molecule has 2 rings (SSSR count). The number of aryl methyl sites for hydroxylation is 2. The highest BCUT2D eigenvalue weighted by molar-refractivity contribution is 5.91. The molecule has 0 aliphatic carbocycles. The number of hydrogen-bond acceptors (Lipinski definition) is 6. The van der Waals surface area contributed by atoms with Crippen LogP contribution < -0.4 is 10.1 Å². The van der Waals surface area contributed by atoms with Crippen molar-refractivity contribution in [3.05, 3.63) is 46.5 Å². The molecule has 0 aliphatic heterocycles. The van der Waals surface area contributed by atoms with E-state index >= 15 is 0 Å². The Bertz CT molecular complexity index is 727. The molecule has 7 heteroatoms. The Morgan fingerprint density at radius 2 is 1.92 bits per heavy atom. The molecule has 0 radical (unpaired) electrons. The number of hydrogen-bond donors (Lipinski definition) is 1. The van der Waals surface area contributed by atoms with E-state index in [2.05, 4.69) is 15.3 Å². The Balaban J connectivity index is 2.18. The summed E-state index contributed by atoms with van der Waals surface area (Å²) < 4.78 is 24.1. The van der Waals surface area contributed by atoms with Crippen molar-refractivity contribution in [3.8, 4) is 5.75 Å². The number of rotatable bonds is 6. The standard InChI is InChI=1S/C17H20FN3O3/c1-5-24-16(22)14-10(2)20-17(21-11(14)3)19-9-12-7-6-8-13(23-4)15(12)18/h6-8H,5,9H2,1-4H3,(H,19,20,21). The molecule has 24 heavy (non-hydrogen) atoms. The van der Waals surface area contributed by atoms with E-state index in [9.17, 15) is 9.18 Å². The minimum atomic E-state index is -0.446. The summed E-state index contributed by atoms with van der Waals surface area (Å²) >= 11 is 0. The number of nitrogens with zero attached hydrogens (tertiary/aromatic N) is 2. The Kier molecular flexibility index (Phi) is 5.68. The lowest BCUT2D eigenvalue weighted by Gasteiger charge is -2.12. The van der Waals surface area contributed by atoms with Crippen molar-refractivity contribution in [2.45, 2.75) is 27.3 Å². The van der Waals surface area contributed by atoms with Gasteiger partial charge in [0.25, 0.3) is 0 Å². The summed E-state index contributed by atoms with van der Waals surface area (Å²) in [6, 6.07) is 4.91. The van der Waals surface area contributed by atoms with Crippen LogP contribution in [0, 0.1) is 19.7 Å². The van der Waals surface area contributed by atoms with E-state index in [4.69, 9.17) is 9.47 Å². The Hall–Kier alpha value is -2.70. The van der Waals surface area contributed by atoms with Crippen LogP contribution in [0.4, 0.5) is 10.3 Å². The van der Waals surface area contributed by atoms with Gasteiger partial charge in [0.1, 0.15) is 5.56 Å². The number of nitrogens with one attached hydrogen (secondary N) is 1. The van der Waals surface area contributed by atoms with Gasteiger partial charge >= 0.3 is 5.97 Å². The third-order valence-electron chi connectivity index (χ3n) is 3.45. The third-order valence-corrected chi connectivity index (χ3v) is 3.45. The molecule has 0 atom stereocenters. The van der Waals surface area contributed by atoms with Gasteiger partial charge in [-0.3, -0.25) is 0 Å². The highest BCUT2D eigenvalue weighted by Gasteiger charge is 2.17. The summed E-state index contributed by atoms with van der Waals surface area (Å²) in [5, 5.41) is 2.96. The summed E-state index contributed by atoms with van der Waals surface area (Å²) in [5.41, 5.74) is 1.81. The van der Waals surface area contributed by atoms with Crippen molar-refractivity contribution in [3.63, 3.8) is 0 Å². The Morgan fingerprint density at radius 3 is 2.50 bits per heavy atom. The van der Waals surface area contributed by atoms with Crippen molar-refractivity contribution >= 4 is 11.9 Å². The molecule has 2 aromatic rings. The first-order valence-electron chi connectivity index (χ1n) is 7.55. The molecule has 1 aromatic carbocycles. The molecule has 0 unspecified atom stereocenters. The number of anilines is 1. The maximum Gasteiger partial charge on any atom is 0.341 e. The molecule has 6 nitrogen and oxygen atoms in total. The number of carbonyl (C=O) groups excluding carboxylic acids is 1. The monoisotopic (exact) mass is 333 g/mol. The molecular formula is C17H20FN3O3. The fourth-order valence-corrected chi connectivity index (χ4v) is 2.32. The smallest absolute Gasteiger partial charge is 0.341 e. The van der Waals surface area contributed by atoms with E-state index in [0.717, 1.165) is 0 Å². The number of aromatic nitrogens is 2. The number of methoxy groups -OCH3 is 1. The number of ether oxygens (including phenoxy) is 2. The molecule has 1 heterocycles. The topological polar surface area (TPSA) is 73.3 Å². The summed E-state index contributed by atoms with van der Waals surface area (Å²) in [6.45, 7) is 5.63. The minimum absolute atomic E-state index is 0.181.